The molecule has 2 heterocycles. The van der Waals surface area contributed by atoms with Gasteiger partial charge in [0.05, 0.1) is 7.11 Å². The van der Waals surface area contributed by atoms with E-state index in [1.807, 2.05) is 18.2 Å². The standard InChI is InChI=1S/C22H26N4O2/c1-28-16-10-11-17-18(12-15-8-5-9-19(24-15)22(23)26-27)21(25-20(17)13-16)14-6-3-2-4-7-14/h5,8-11,13-14,25,27H,2-4,6-7,12H2,1H3,(H2,23,26). The predicted molar refractivity (Wildman–Crippen MR) is 110 cm³/mol. The van der Waals surface area contributed by atoms with Crippen LogP contribution in [-0.4, -0.2) is 28.1 Å². The van der Waals surface area contributed by atoms with Crippen LogP contribution < -0.4 is 10.5 Å². The Kier molecular flexibility index (Phi) is 5.19. The zero-order chi connectivity index (χ0) is 19.5. The fraction of sp³-hybridized carbons (Fsp3) is 0.364. The molecule has 6 nitrogen and oxygen atoms in total. The number of aromatic nitrogens is 2. The molecule has 28 heavy (non-hydrogen) atoms. The number of nitrogens with two attached hydrogens (primary N) is 1. The van der Waals surface area contributed by atoms with Crippen LogP contribution in [0.15, 0.2) is 41.6 Å². The van der Waals surface area contributed by atoms with Crippen molar-refractivity contribution in [3.63, 3.8) is 0 Å². The van der Waals surface area contributed by atoms with Crippen LogP contribution in [-0.2, 0) is 6.42 Å². The summed E-state index contributed by atoms with van der Waals surface area (Å²) in [6.07, 6.45) is 7.01. The minimum Gasteiger partial charge on any atom is -0.497 e. The van der Waals surface area contributed by atoms with E-state index in [4.69, 9.17) is 15.7 Å². The number of hydrogen-bond donors (Lipinski definition) is 3. The van der Waals surface area contributed by atoms with Crippen molar-refractivity contribution in [2.24, 2.45) is 10.9 Å². The van der Waals surface area contributed by atoms with Crippen molar-refractivity contribution in [1.29, 1.82) is 0 Å². The summed E-state index contributed by atoms with van der Waals surface area (Å²) < 4.78 is 5.41. The molecular formula is C22H26N4O2. The van der Waals surface area contributed by atoms with Gasteiger partial charge in [-0.15, -0.1) is 0 Å². The van der Waals surface area contributed by atoms with Gasteiger partial charge in [0.25, 0.3) is 0 Å². The Bertz CT molecular complexity index is 1000. The number of rotatable bonds is 5. The molecule has 146 valence electrons. The number of amidine groups is 1. The Hall–Kier alpha value is -3.02. The molecule has 0 aliphatic heterocycles. The van der Waals surface area contributed by atoms with Crippen LogP contribution >= 0.6 is 0 Å². The quantitative estimate of drug-likeness (QED) is 0.267. The van der Waals surface area contributed by atoms with Gasteiger partial charge in [-0.2, -0.15) is 0 Å². The second-order valence-corrected chi connectivity index (χ2v) is 7.44. The number of benzene rings is 1. The number of hydrogen-bond acceptors (Lipinski definition) is 4. The highest BCUT2D eigenvalue weighted by atomic mass is 16.5. The van der Waals surface area contributed by atoms with Gasteiger partial charge in [-0.25, -0.2) is 4.98 Å². The lowest BCUT2D eigenvalue weighted by Crippen LogP contribution is -2.15. The van der Waals surface area contributed by atoms with Gasteiger partial charge in [0.15, 0.2) is 5.84 Å². The summed E-state index contributed by atoms with van der Waals surface area (Å²) >= 11 is 0. The molecular weight excluding hydrogens is 352 g/mol. The number of aromatic amines is 1. The first-order valence-electron chi connectivity index (χ1n) is 9.82. The van der Waals surface area contributed by atoms with Crippen LogP contribution in [0, 0.1) is 0 Å². The van der Waals surface area contributed by atoms with Crippen LogP contribution in [0.5, 0.6) is 5.75 Å². The minimum atomic E-state index is 0.0259. The average Bonchev–Trinajstić information content (AvgIpc) is 3.11. The molecule has 1 aromatic carbocycles. The van der Waals surface area contributed by atoms with E-state index in [2.05, 4.69) is 27.3 Å². The van der Waals surface area contributed by atoms with E-state index in [1.165, 1.54) is 48.7 Å². The fourth-order valence-corrected chi connectivity index (χ4v) is 4.27. The molecule has 0 atom stereocenters. The number of nitrogens with zero attached hydrogens (tertiary/aromatic N) is 2. The maximum Gasteiger partial charge on any atom is 0.188 e. The maximum absolute atomic E-state index is 8.95. The van der Waals surface area contributed by atoms with Gasteiger partial charge in [-0.3, -0.25) is 0 Å². The Morgan fingerprint density at radius 3 is 2.82 bits per heavy atom. The largest absolute Gasteiger partial charge is 0.497 e. The van der Waals surface area contributed by atoms with E-state index in [-0.39, 0.29) is 5.84 Å². The number of fused-ring (bicyclic) bond motifs is 1. The third kappa shape index (κ3) is 3.54. The topological polar surface area (TPSA) is 96.5 Å². The van der Waals surface area contributed by atoms with Crippen molar-refractivity contribution < 1.29 is 9.94 Å². The van der Waals surface area contributed by atoms with Crippen molar-refractivity contribution in [2.45, 2.75) is 44.4 Å². The normalized spacial score (nSPS) is 15.8. The van der Waals surface area contributed by atoms with Gasteiger partial charge < -0.3 is 20.7 Å². The van der Waals surface area contributed by atoms with Crippen LogP contribution in [0.1, 0.15) is 60.7 Å². The van der Waals surface area contributed by atoms with Crippen molar-refractivity contribution in [3.05, 3.63) is 59.0 Å². The van der Waals surface area contributed by atoms with Crippen molar-refractivity contribution in [2.75, 3.05) is 7.11 Å². The number of nitrogens with one attached hydrogen (secondary N) is 1. The first kappa shape index (κ1) is 18.3. The summed E-state index contributed by atoms with van der Waals surface area (Å²) in [4.78, 5) is 8.27. The molecule has 4 rings (SSSR count). The third-order valence-corrected chi connectivity index (χ3v) is 5.69. The van der Waals surface area contributed by atoms with Gasteiger partial charge in [-0.1, -0.05) is 30.5 Å². The number of methoxy groups -OCH3 is 1. The van der Waals surface area contributed by atoms with Crippen molar-refractivity contribution >= 4 is 16.7 Å². The van der Waals surface area contributed by atoms with Crippen molar-refractivity contribution in [3.8, 4) is 5.75 Å². The Morgan fingerprint density at radius 2 is 2.07 bits per heavy atom. The van der Waals surface area contributed by atoms with E-state index < -0.39 is 0 Å². The highest BCUT2D eigenvalue weighted by molar-refractivity contribution is 5.95. The lowest BCUT2D eigenvalue weighted by Gasteiger charge is -2.22. The molecule has 0 unspecified atom stereocenters. The highest BCUT2D eigenvalue weighted by Gasteiger charge is 2.23. The number of pyridine rings is 1. The molecule has 1 aliphatic rings. The summed E-state index contributed by atoms with van der Waals surface area (Å²) in [5.74, 6) is 1.43. The molecule has 3 aromatic rings. The summed E-state index contributed by atoms with van der Waals surface area (Å²) in [6.45, 7) is 0. The summed E-state index contributed by atoms with van der Waals surface area (Å²) in [7, 11) is 1.69. The smallest absolute Gasteiger partial charge is 0.188 e. The number of oxime groups is 1. The number of ether oxygens (including phenoxy) is 1. The maximum atomic E-state index is 8.95. The van der Waals surface area contributed by atoms with Crippen molar-refractivity contribution in [1.82, 2.24) is 9.97 Å². The molecule has 1 saturated carbocycles. The monoisotopic (exact) mass is 378 g/mol. The molecule has 0 saturated heterocycles. The first-order valence-corrected chi connectivity index (χ1v) is 9.82. The van der Waals surface area contributed by atoms with Gasteiger partial charge in [0, 0.05) is 34.8 Å². The zero-order valence-corrected chi connectivity index (χ0v) is 16.1. The van der Waals surface area contributed by atoms with E-state index in [0.717, 1.165) is 17.0 Å². The Balaban J connectivity index is 1.78. The Morgan fingerprint density at radius 1 is 1.25 bits per heavy atom. The summed E-state index contributed by atoms with van der Waals surface area (Å²) in [5.41, 5.74) is 10.8. The number of H-pyrrole nitrogens is 1. The molecule has 1 fully saturated rings. The Labute approximate surface area is 164 Å². The first-order chi connectivity index (χ1) is 13.7. The fourth-order valence-electron chi connectivity index (χ4n) is 4.27. The van der Waals surface area contributed by atoms with E-state index in [0.29, 0.717) is 18.0 Å². The third-order valence-electron chi connectivity index (χ3n) is 5.69. The molecule has 0 radical (unpaired) electrons. The van der Waals surface area contributed by atoms with E-state index in [9.17, 15) is 0 Å². The van der Waals surface area contributed by atoms with Crippen LogP contribution in [0.25, 0.3) is 10.9 Å². The zero-order valence-electron chi connectivity index (χ0n) is 16.1. The second-order valence-electron chi connectivity index (χ2n) is 7.44. The second kappa shape index (κ2) is 7.92. The van der Waals surface area contributed by atoms with Gasteiger partial charge in [-0.05, 0) is 48.6 Å². The predicted octanol–water partition coefficient (Wildman–Crippen LogP) is 4.30. The summed E-state index contributed by atoms with van der Waals surface area (Å²) in [6, 6.07) is 11.8. The summed E-state index contributed by atoms with van der Waals surface area (Å²) in [5, 5.41) is 13.2. The van der Waals surface area contributed by atoms with Gasteiger partial charge in [0.2, 0.25) is 0 Å². The van der Waals surface area contributed by atoms with Crippen LogP contribution in [0.3, 0.4) is 0 Å². The molecule has 0 bridgehead atoms. The lowest BCUT2D eigenvalue weighted by molar-refractivity contribution is 0.318. The molecule has 2 aromatic heterocycles. The molecule has 0 amide bonds. The molecule has 0 spiro atoms. The lowest BCUT2D eigenvalue weighted by atomic mass is 9.84. The van der Waals surface area contributed by atoms with E-state index >= 15 is 0 Å². The van der Waals surface area contributed by atoms with Gasteiger partial charge >= 0.3 is 0 Å². The molecule has 4 N–H and O–H groups in total. The van der Waals surface area contributed by atoms with Gasteiger partial charge in [0.1, 0.15) is 11.4 Å². The SMILES string of the molecule is COc1ccc2c(Cc3cccc(C(N)=NO)n3)c(C3CCCCC3)[nH]c2c1. The van der Waals surface area contributed by atoms with Crippen LogP contribution in [0.2, 0.25) is 0 Å². The molecule has 6 heteroatoms. The highest BCUT2D eigenvalue weighted by Crippen LogP contribution is 2.38. The van der Waals surface area contributed by atoms with E-state index in [1.54, 1.807) is 13.2 Å². The van der Waals surface area contributed by atoms with Crippen LogP contribution in [0.4, 0.5) is 0 Å². The molecule has 1 aliphatic carbocycles. The minimum absolute atomic E-state index is 0.0259. The average molecular weight is 378 g/mol.